The number of rotatable bonds is 7. The number of fused-ring (bicyclic) bond motifs is 1. The zero-order valence-electron chi connectivity index (χ0n) is 19.4. The van der Waals surface area contributed by atoms with E-state index in [1.165, 1.54) is 37.4 Å². The van der Waals surface area contributed by atoms with Crippen LogP contribution in [0.3, 0.4) is 0 Å². The van der Waals surface area contributed by atoms with Gasteiger partial charge in [-0.15, -0.1) is 0 Å². The van der Waals surface area contributed by atoms with Gasteiger partial charge in [-0.3, -0.25) is 29.3 Å². The first kappa shape index (κ1) is 24.1. The number of hydrogen-bond acceptors (Lipinski definition) is 7. The van der Waals surface area contributed by atoms with Crippen LogP contribution in [0.4, 0.5) is 5.69 Å². The van der Waals surface area contributed by atoms with Gasteiger partial charge in [0.25, 0.3) is 23.4 Å². The van der Waals surface area contributed by atoms with Crippen molar-refractivity contribution in [3.63, 3.8) is 0 Å². The third-order valence-electron chi connectivity index (χ3n) is 6.66. The zero-order chi connectivity index (χ0) is 25.3. The SMILES string of the molecule is COc1cccc(C(=O)CN(C(=O)c2ccccc2[N+](=O)[O-])N2C(=O)[C@@H]3CC[C@@H](C)C[C@H]3C2=O)c1. The minimum Gasteiger partial charge on any atom is -0.497 e. The van der Waals surface area contributed by atoms with Crippen molar-refractivity contribution in [1.82, 2.24) is 10.0 Å². The van der Waals surface area contributed by atoms with E-state index < -0.39 is 52.5 Å². The van der Waals surface area contributed by atoms with E-state index in [9.17, 15) is 29.3 Å². The van der Waals surface area contributed by atoms with Crippen LogP contribution >= 0.6 is 0 Å². The molecular formula is C25H25N3O7. The monoisotopic (exact) mass is 479 g/mol. The van der Waals surface area contributed by atoms with E-state index in [0.29, 0.717) is 18.6 Å². The first-order chi connectivity index (χ1) is 16.7. The molecule has 1 heterocycles. The third kappa shape index (κ3) is 4.51. The molecule has 2 aromatic rings. The highest BCUT2D eigenvalue weighted by Gasteiger charge is 2.53. The second kappa shape index (κ2) is 9.65. The summed E-state index contributed by atoms with van der Waals surface area (Å²) in [6.07, 6.45) is 1.78. The Morgan fingerprint density at radius 2 is 1.80 bits per heavy atom. The molecule has 0 unspecified atom stereocenters. The zero-order valence-corrected chi connectivity index (χ0v) is 19.4. The summed E-state index contributed by atoms with van der Waals surface area (Å²) in [4.78, 5) is 64.3. The Morgan fingerprint density at radius 1 is 1.09 bits per heavy atom. The first-order valence-electron chi connectivity index (χ1n) is 11.3. The van der Waals surface area contributed by atoms with E-state index in [4.69, 9.17) is 4.74 Å². The van der Waals surface area contributed by atoms with Crippen LogP contribution < -0.4 is 4.74 Å². The predicted molar refractivity (Wildman–Crippen MR) is 123 cm³/mol. The lowest BCUT2D eigenvalue weighted by Gasteiger charge is -2.30. The molecule has 1 aliphatic carbocycles. The molecule has 0 spiro atoms. The number of imide groups is 1. The number of methoxy groups -OCH3 is 1. The summed E-state index contributed by atoms with van der Waals surface area (Å²) < 4.78 is 5.15. The molecule has 2 fully saturated rings. The Labute approximate surface area is 201 Å². The van der Waals surface area contributed by atoms with E-state index >= 15 is 0 Å². The van der Waals surface area contributed by atoms with Crippen LogP contribution in [0.1, 0.15) is 46.9 Å². The van der Waals surface area contributed by atoms with Gasteiger partial charge in [0.05, 0.1) is 23.9 Å². The minimum atomic E-state index is -0.970. The molecule has 0 N–H and O–H groups in total. The largest absolute Gasteiger partial charge is 0.497 e. The van der Waals surface area contributed by atoms with Crippen LogP contribution in [0, 0.1) is 27.9 Å². The van der Waals surface area contributed by atoms with Crippen molar-refractivity contribution >= 4 is 29.2 Å². The van der Waals surface area contributed by atoms with Crippen molar-refractivity contribution < 1.29 is 28.8 Å². The molecule has 10 heteroatoms. The second-order valence-corrected chi connectivity index (χ2v) is 8.91. The number of nitrogens with zero attached hydrogens (tertiary/aromatic N) is 3. The number of carbonyl (C=O) groups is 4. The number of nitro groups is 1. The Kier molecular flexibility index (Phi) is 6.63. The average molecular weight is 479 g/mol. The van der Waals surface area contributed by atoms with E-state index in [1.807, 2.05) is 6.92 Å². The Morgan fingerprint density at radius 3 is 2.51 bits per heavy atom. The third-order valence-corrected chi connectivity index (χ3v) is 6.66. The highest BCUT2D eigenvalue weighted by atomic mass is 16.6. The summed E-state index contributed by atoms with van der Waals surface area (Å²) >= 11 is 0. The fraction of sp³-hybridized carbons (Fsp3) is 0.360. The first-order valence-corrected chi connectivity index (χ1v) is 11.3. The molecule has 2 aliphatic rings. The van der Waals surface area contributed by atoms with Crippen molar-refractivity contribution in [2.45, 2.75) is 26.2 Å². The number of nitro benzene ring substituents is 1. The quantitative estimate of drug-likeness (QED) is 0.258. The van der Waals surface area contributed by atoms with Crippen LogP contribution in [-0.4, -0.2) is 52.1 Å². The van der Waals surface area contributed by atoms with Gasteiger partial charge < -0.3 is 4.74 Å². The predicted octanol–water partition coefficient (Wildman–Crippen LogP) is 3.26. The molecule has 3 atom stereocenters. The molecule has 0 radical (unpaired) electrons. The number of benzene rings is 2. The van der Waals surface area contributed by atoms with Crippen LogP contribution in [0.25, 0.3) is 0 Å². The Balaban J connectivity index is 1.74. The second-order valence-electron chi connectivity index (χ2n) is 8.91. The van der Waals surface area contributed by atoms with Crippen LogP contribution in [0.5, 0.6) is 5.75 Å². The minimum absolute atomic E-state index is 0.204. The van der Waals surface area contributed by atoms with Crippen LogP contribution in [0.15, 0.2) is 48.5 Å². The van der Waals surface area contributed by atoms with Crippen molar-refractivity contribution in [1.29, 1.82) is 0 Å². The average Bonchev–Trinajstić information content (AvgIpc) is 3.10. The van der Waals surface area contributed by atoms with Crippen molar-refractivity contribution in [3.05, 3.63) is 69.8 Å². The van der Waals surface area contributed by atoms with E-state index in [2.05, 4.69) is 0 Å². The standard InChI is InChI=1S/C25H25N3O7/c1-15-10-11-18-20(12-15)25(32)27(24(18)31)26(14-22(29)16-6-5-7-17(13-16)35-2)23(30)19-8-3-4-9-21(19)28(33)34/h3-9,13,15,18,20H,10-12,14H2,1-2H3/t15-,18-,20-/m1/s1. The molecule has 4 rings (SSSR count). The van der Waals surface area contributed by atoms with Gasteiger partial charge in [-0.25, -0.2) is 5.01 Å². The number of Topliss-reactive ketones (excluding diaryl/α,β-unsaturated/α-hetero) is 1. The molecule has 1 saturated heterocycles. The van der Waals surface area contributed by atoms with Gasteiger partial charge in [-0.2, -0.15) is 5.01 Å². The topological polar surface area (TPSA) is 127 Å². The van der Waals surface area contributed by atoms with E-state index in [1.54, 1.807) is 12.1 Å². The van der Waals surface area contributed by atoms with Gasteiger partial charge >= 0.3 is 0 Å². The molecule has 3 amide bonds. The lowest BCUT2D eigenvalue weighted by Crippen LogP contribution is -2.52. The Bertz CT molecular complexity index is 1210. The highest BCUT2D eigenvalue weighted by molar-refractivity contribution is 6.10. The summed E-state index contributed by atoms with van der Waals surface area (Å²) in [5, 5.41) is 13.1. The smallest absolute Gasteiger partial charge is 0.282 e. The number of amides is 3. The fourth-order valence-corrected chi connectivity index (χ4v) is 4.82. The molecule has 1 saturated carbocycles. The normalized spacial score (nSPS) is 21.4. The molecule has 182 valence electrons. The van der Waals surface area contributed by atoms with Gasteiger partial charge in [-0.05, 0) is 43.4 Å². The van der Waals surface area contributed by atoms with Gasteiger partial charge in [0.2, 0.25) is 0 Å². The maximum atomic E-state index is 13.6. The molecule has 0 bridgehead atoms. The van der Waals surface area contributed by atoms with E-state index in [0.717, 1.165) is 22.5 Å². The van der Waals surface area contributed by atoms with Gasteiger partial charge in [0.1, 0.15) is 17.9 Å². The molecule has 2 aromatic carbocycles. The van der Waals surface area contributed by atoms with Crippen molar-refractivity contribution in [2.24, 2.45) is 17.8 Å². The van der Waals surface area contributed by atoms with Crippen LogP contribution in [-0.2, 0) is 9.59 Å². The van der Waals surface area contributed by atoms with Gasteiger partial charge in [0, 0.05) is 11.6 Å². The number of carbonyl (C=O) groups excluding carboxylic acids is 4. The maximum Gasteiger partial charge on any atom is 0.282 e. The number of para-hydroxylation sites is 1. The Hall–Kier alpha value is -4.08. The summed E-state index contributed by atoms with van der Waals surface area (Å²) in [6.45, 7) is 1.35. The number of ketones is 1. The highest BCUT2D eigenvalue weighted by Crippen LogP contribution is 2.41. The molecule has 1 aliphatic heterocycles. The number of hydrogen-bond donors (Lipinski definition) is 0. The van der Waals surface area contributed by atoms with Crippen molar-refractivity contribution in [3.8, 4) is 5.75 Å². The summed E-state index contributed by atoms with van der Waals surface area (Å²) in [5.74, 6) is -3.15. The molecule has 0 aromatic heterocycles. The number of hydrazine groups is 1. The van der Waals surface area contributed by atoms with E-state index in [-0.39, 0.29) is 17.0 Å². The van der Waals surface area contributed by atoms with Crippen LogP contribution in [0.2, 0.25) is 0 Å². The van der Waals surface area contributed by atoms with Gasteiger partial charge in [0.15, 0.2) is 5.78 Å². The molecule has 35 heavy (non-hydrogen) atoms. The van der Waals surface area contributed by atoms with Crippen molar-refractivity contribution in [2.75, 3.05) is 13.7 Å². The maximum absolute atomic E-state index is 13.6. The van der Waals surface area contributed by atoms with Gasteiger partial charge in [-0.1, -0.05) is 31.2 Å². The molecular weight excluding hydrogens is 454 g/mol. The summed E-state index contributed by atoms with van der Waals surface area (Å²) in [5.41, 5.74) is -0.601. The molecule has 10 nitrogen and oxygen atoms in total. The number of ether oxygens (including phenoxy) is 1. The lowest BCUT2D eigenvalue weighted by atomic mass is 9.76. The summed E-state index contributed by atoms with van der Waals surface area (Å²) in [7, 11) is 1.44. The fourth-order valence-electron chi connectivity index (χ4n) is 4.82. The lowest BCUT2D eigenvalue weighted by molar-refractivity contribution is -0.385. The summed E-state index contributed by atoms with van der Waals surface area (Å²) in [6, 6.07) is 11.5.